The maximum Gasteiger partial charge on any atom is 0.307 e. The summed E-state index contributed by atoms with van der Waals surface area (Å²) < 4.78 is 5.84. The molecular formula is C20H27NO4. The van der Waals surface area contributed by atoms with Crippen LogP contribution in [-0.2, 0) is 9.59 Å². The van der Waals surface area contributed by atoms with Gasteiger partial charge in [-0.15, -0.1) is 0 Å². The zero-order valence-electron chi connectivity index (χ0n) is 15.2. The molecule has 25 heavy (non-hydrogen) atoms. The van der Waals surface area contributed by atoms with Crippen molar-refractivity contribution in [2.45, 2.75) is 46.0 Å². The molecule has 1 atom stereocenters. The molecule has 1 saturated carbocycles. The first-order valence-corrected chi connectivity index (χ1v) is 9.06. The van der Waals surface area contributed by atoms with E-state index in [-0.39, 0.29) is 23.8 Å². The van der Waals surface area contributed by atoms with E-state index < -0.39 is 5.97 Å². The maximum absolute atomic E-state index is 12.5. The summed E-state index contributed by atoms with van der Waals surface area (Å²) in [4.78, 5) is 25.4. The van der Waals surface area contributed by atoms with Crippen LogP contribution in [0.15, 0.2) is 18.2 Å². The van der Waals surface area contributed by atoms with Gasteiger partial charge in [-0.25, -0.2) is 0 Å². The van der Waals surface area contributed by atoms with Crippen LogP contribution < -0.4 is 4.74 Å². The number of carboxylic acid groups (broad SMARTS) is 1. The molecule has 5 nitrogen and oxygen atoms in total. The first kappa shape index (κ1) is 17.8. The SMILES string of the molecule is Cc1ccc(C(C)C)c(OCC(=O)N2CCC3(CC2)CC3C(=O)O)c1. The Morgan fingerprint density at radius 2 is 2.00 bits per heavy atom. The number of carbonyl (C=O) groups is 2. The molecule has 1 saturated heterocycles. The van der Waals surface area contributed by atoms with Crippen molar-refractivity contribution in [2.24, 2.45) is 11.3 Å². The monoisotopic (exact) mass is 345 g/mol. The number of hydrogen-bond acceptors (Lipinski definition) is 3. The number of carbonyl (C=O) groups excluding carboxylic acids is 1. The van der Waals surface area contributed by atoms with Gasteiger partial charge in [0.25, 0.3) is 5.91 Å². The fourth-order valence-electron chi connectivity index (χ4n) is 3.93. The summed E-state index contributed by atoms with van der Waals surface area (Å²) in [5, 5.41) is 9.15. The lowest BCUT2D eigenvalue weighted by Crippen LogP contribution is -2.42. The van der Waals surface area contributed by atoms with Gasteiger partial charge in [0.15, 0.2) is 6.61 Å². The van der Waals surface area contributed by atoms with Crippen molar-refractivity contribution in [3.8, 4) is 5.75 Å². The number of benzene rings is 1. The van der Waals surface area contributed by atoms with Crippen molar-refractivity contribution >= 4 is 11.9 Å². The Hall–Kier alpha value is -2.04. The molecule has 1 amide bonds. The molecule has 1 heterocycles. The highest BCUT2D eigenvalue weighted by atomic mass is 16.5. The number of rotatable bonds is 5. The van der Waals surface area contributed by atoms with Gasteiger partial charge in [-0.2, -0.15) is 0 Å². The summed E-state index contributed by atoms with van der Waals surface area (Å²) in [6, 6.07) is 6.10. The van der Waals surface area contributed by atoms with Gasteiger partial charge in [-0.3, -0.25) is 9.59 Å². The molecule has 0 bridgehead atoms. The first-order chi connectivity index (χ1) is 11.8. The summed E-state index contributed by atoms with van der Waals surface area (Å²) in [7, 11) is 0. The molecule has 1 spiro atoms. The molecule has 0 radical (unpaired) electrons. The van der Waals surface area contributed by atoms with E-state index in [0.29, 0.717) is 19.0 Å². The Labute approximate surface area is 149 Å². The third-order valence-electron chi connectivity index (χ3n) is 5.74. The van der Waals surface area contributed by atoms with Crippen LogP contribution in [0.4, 0.5) is 0 Å². The van der Waals surface area contributed by atoms with Crippen molar-refractivity contribution in [3.05, 3.63) is 29.3 Å². The highest BCUT2D eigenvalue weighted by molar-refractivity contribution is 5.78. The van der Waals surface area contributed by atoms with Crippen molar-refractivity contribution < 1.29 is 19.4 Å². The van der Waals surface area contributed by atoms with Crippen molar-refractivity contribution in [3.63, 3.8) is 0 Å². The topological polar surface area (TPSA) is 66.8 Å². The fourth-order valence-corrected chi connectivity index (χ4v) is 3.93. The van der Waals surface area contributed by atoms with E-state index in [0.717, 1.165) is 36.1 Å². The van der Waals surface area contributed by atoms with Gasteiger partial charge in [-0.1, -0.05) is 26.0 Å². The molecule has 1 aromatic carbocycles. The van der Waals surface area contributed by atoms with Gasteiger partial charge >= 0.3 is 5.97 Å². The number of hydrogen-bond donors (Lipinski definition) is 1. The average Bonchev–Trinajstić information content (AvgIpc) is 3.27. The Bertz CT molecular complexity index is 674. The summed E-state index contributed by atoms with van der Waals surface area (Å²) in [6.07, 6.45) is 2.34. The number of aryl methyl sites for hydroxylation is 1. The number of carboxylic acids is 1. The van der Waals surface area contributed by atoms with Crippen molar-refractivity contribution in [2.75, 3.05) is 19.7 Å². The predicted octanol–water partition coefficient (Wildman–Crippen LogP) is 3.21. The second kappa shape index (κ2) is 6.70. The van der Waals surface area contributed by atoms with Gasteiger partial charge in [0.1, 0.15) is 5.75 Å². The minimum atomic E-state index is -0.691. The Balaban J connectivity index is 1.54. The summed E-state index contributed by atoms with van der Waals surface area (Å²) in [5.74, 6) is 0.206. The highest BCUT2D eigenvalue weighted by Gasteiger charge is 2.59. The number of ether oxygens (including phenoxy) is 1. The third kappa shape index (κ3) is 3.65. The number of amides is 1. The quantitative estimate of drug-likeness (QED) is 0.890. The number of likely N-dealkylation sites (tertiary alicyclic amines) is 1. The second-order valence-corrected chi connectivity index (χ2v) is 7.82. The lowest BCUT2D eigenvalue weighted by atomic mass is 9.91. The largest absolute Gasteiger partial charge is 0.483 e. The molecule has 5 heteroatoms. The Morgan fingerprint density at radius 3 is 2.56 bits per heavy atom. The van der Waals surface area contributed by atoms with Crippen LogP contribution in [0.25, 0.3) is 0 Å². The summed E-state index contributed by atoms with van der Waals surface area (Å²) in [5.41, 5.74) is 2.17. The van der Waals surface area contributed by atoms with E-state index in [1.54, 1.807) is 0 Å². The maximum atomic E-state index is 12.5. The summed E-state index contributed by atoms with van der Waals surface area (Å²) in [6.45, 7) is 7.54. The lowest BCUT2D eigenvalue weighted by molar-refractivity contribution is -0.140. The van der Waals surface area contributed by atoms with E-state index >= 15 is 0 Å². The van der Waals surface area contributed by atoms with Gasteiger partial charge in [-0.05, 0) is 54.7 Å². The molecule has 3 rings (SSSR count). The molecule has 2 fully saturated rings. The zero-order chi connectivity index (χ0) is 18.2. The first-order valence-electron chi connectivity index (χ1n) is 9.06. The smallest absolute Gasteiger partial charge is 0.307 e. The minimum absolute atomic E-state index is 0.0152. The van der Waals surface area contributed by atoms with Gasteiger partial charge in [0.05, 0.1) is 5.92 Å². The second-order valence-electron chi connectivity index (χ2n) is 7.82. The van der Waals surface area contributed by atoms with E-state index in [2.05, 4.69) is 26.0 Å². The van der Waals surface area contributed by atoms with Crippen LogP contribution in [0, 0.1) is 18.3 Å². The third-order valence-corrected chi connectivity index (χ3v) is 5.74. The van der Waals surface area contributed by atoms with Crippen LogP contribution in [0.2, 0.25) is 0 Å². The predicted molar refractivity (Wildman–Crippen MR) is 94.8 cm³/mol. The molecule has 1 aliphatic carbocycles. The molecule has 2 aliphatic rings. The molecule has 1 N–H and O–H groups in total. The minimum Gasteiger partial charge on any atom is -0.483 e. The van der Waals surface area contributed by atoms with Crippen molar-refractivity contribution in [1.29, 1.82) is 0 Å². The normalized spacial score (nSPS) is 21.4. The highest BCUT2D eigenvalue weighted by Crippen LogP contribution is 2.59. The number of aliphatic carboxylic acids is 1. The molecule has 1 unspecified atom stereocenters. The fraction of sp³-hybridized carbons (Fsp3) is 0.600. The van der Waals surface area contributed by atoms with Crippen LogP contribution >= 0.6 is 0 Å². The molecule has 1 aromatic rings. The van der Waals surface area contributed by atoms with Crippen LogP contribution in [0.1, 0.15) is 50.2 Å². The standard InChI is InChI=1S/C20H27NO4/c1-13(2)15-5-4-14(3)10-17(15)25-12-18(22)21-8-6-20(7-9-21)11-16(20)19(23)24/h4-5,10,13,16H,6-9,11-12H2,1-3H3,(H,23,24). The number of nitrogens with zero attached hydrogens (tertiary/aromatic N) is 1. The molecule has 1 aliphatic heterocycles. The van der Waals surface area contributed by atoms with Crippen molar-refractivity contribution in [1.82, 2.24) is 4.90 Å². The average molecular weight is 345 g/mol. The summed E-state index contributed by atoms with van der Waals surface area (Å²) >= 11 is 0. The lowest BCUT2D eigenvalue weighted by Gasteiger charge is -2.32. The van der Waals surface area contributed by atoms with Crippen LogP contribution in [0.5, 0.6) is 5.75 Å². The van der Waals surface area contributed by atoms with Gasteiger partial charge in [0.2, 0.25) is 0 Å². The molecule has 136 valence electrons. The van der Waals surface area contributed by atoms with Crippen LogP contribution in [-0.4, -0.2) is 41.6 Å². The van der Waals surface area contributed by atoms with E-state index in [1.165, 1.54) is 0 Å². The number of piperidine rings is 1. The van der Waals surface area contributed by atoms with Gasteiger partial charge < -0.3 is 14.7 Å². The zero-order valence-corrected chi connectivity index (χ0v) is 15.2. The van der Waals surface area contributed by atoms with E-state index in [1.807, 2.05) is 17.9 Å². The molecule has 0 aromatic heterocycles. The van der Waals surface area contributed by atoms with Gasteiger partial charge in [0, 0.05) is 13.1 Å². The Morgan fingerprint density at radius 1 is 1.32 bits per heavy atom. The molecular weight excluding hydrogens is 318 g/mol. The Kier molecular flexibility index (Phi) is 4.76. The van der Waals surface area contributed by atoms with Crippen LogP contribution in [0.3, 0.4) is 0 Å². The van der Waals surface area contributed by atoms with E-state index in [9.17, 15) is 9.59 Å². The van der Waals surface area contributed by atoms with E-state index in [4.69, 9.17) is 9.84 Å².